The lowest BCUT2D eigenvalue weighted by atomic mass is 10.3. The lowest BCUT2D eigenvalue weighted by molar-refractivity contribution is 0.556. The highest BCUT2D eigenvalue weighted by Crippen LogP contribution is 2.18. The van der Waals surface area contributed by atoms with Gasteiger partial charge in [0.05, 0.1) is 11.6 Å². The molecule has 0 saturated carbocycles. The van der Waals surface area contributed by atoms with Crippen LogP contribution in [0.4, 0.5) is 5.82 Å². The van der Waals surface area contributed by atoms with Crippen LogP contribution in [0.5, 0.6) is 0 Å². The van der Waals surface area contributed by atoms with Gasteiger partial charge in [-0.25, -0.2) is 4.98 Å². The third kappa shape index (κ3) is 1.63. The maximum absolute atomic E-state index is 5.81. The zero-order valence-corrected chi connectivity index (χ0v) is 9.30. The number of pyridine rings is 1. The van der Waals surface area contributed by atoms with Crippen molar-refractivity contribution in [3.05, 3.63) is 35.5 Å². The van der Waals surface area contributed by atoms with E-state index in [1.165, 1.54) is 0 Å². The van der Waals surface area contributed by atoms with Crippen molar-refractivity contribution in [1.29, 1.82) is 0 Å². The third-order valence-corrected chi connectivity index (χ3v) is 2.90. The fourth-order valence-corrected chi connectivity index (χ4v) is 1.93. The number of nitrogens with zero attached hydrogens (tertiary/aromatic N) is 5. The zero-order chi connectivity index (χ0) is 11.0. The number of fused-ring (bicyclic) bond motifs is 1. The van der Waals surface area contributed by atoms with Gasteiger partial charge in [-0.2, -0.15) is 0 Å². The highest BCUT2D eigenvalue weighted by atomic mass is 35.5. The van der Waals surface area contributed by atoms with E-state index in [0.717, 1.165) is 31.3 Å². The minimum atomic E-state index is 0.656. The number of halogens is 1. The van der Waals surface area contributed by atoms with E-state index < -0.39 is 0 Å². The number of hydrogen-bond acceptors (Lipinski definition) is 4. The van der Waals surface area contributed by atoms with Crippen molar-refractivity contribution in [1.82, 2.24) is 19.7 Å². The van der Waals surface area contributed by atoms with Crippen molar-refractivity contribution in [2.75, 3.05) is 11.4 Å². The van der Waals surface area contributed by atoms with E-state index in [4.69, 9.17) is 11.6 Å². The highest BCUT2D eigenvalue weighted by molar-refractivity contribution is 6.30. The number of anilines is 1. The molecule has 0 N–H and O–H groups in total. The molecule has 1 aliphatic rings. The molecule has 0 aliphatic carbocycles. The van der Waals surface area contributed by atoms with E-state index >= 15 is 0 Å². The molecule has 0 radical (unpaired) electrons. The van der Waals surface area contributed by atoms with Crippen molar-refractivity contribution < 1.29 is 0 Å². The summed E-state index contributed by atoms with van der Waals surface area (Å²) in [7, 11) is 0. The minimum absolute atomic E-state index is 0.656. The van der Waals surface area contributed by atoms with Crippen LogP contribution in [0, 0.1) is 0 Å². The van der Waals surface area contributed by atoms with E-state index in [9.17, 15) is 0 Å². The molecule has 3 heterocycles. The van der Waals surface area contributed by atoms with E-state index in [1.807, 2.05) is 12.1 Å². The second-order valence-corrected chi connectivity index (χ2v) is 4.13. The van der Waals surface area contributed by atoms with Crippen LogP contribution in [0.1, 0.15) is 5.82 Å². The average molecular weight is 236 g/mol. The van der Waals surface area contributed by atoms with Crippen LogP contribution in [0.2, 0.25) is 5.02 Å². The Kier molecular flexibility index (Phi) is 2.25. The van der Waals surface area contributed by atoms with Crippen LogP contribution in [-0.4, -0.2) is 26.3 Å². The van der Waals surface area contributed by atoms with Crippen molar-refractivity contribution in [2.24, 2.45) is 0 Å². The molecule has 1 aliphatic heterocycles. The second kappa shape index (κ2) is 3.75. The van der Waals surface area contributed by atoms with Gasteiger partial charge in [-0.3, -0.25) is 0 Å². The molecule has 0 aromatic carbocycles. The lowest BCUT2D eigenvalue weighted by Crippen LogP contribution is -2.34. The smallest absolute Gasteiger partial charge is 0.152 e. The monoisotopic (exact) mass is 235 g/mol. The number of hydrogen-bond donors (Lipinski definition) is 0. The average Bonchev–Trinajstić information content (AvgIpc) is 2.77. The summed E-state index contributed by atoms with van der Waals surface area (Å²) >= 11 is 5.81. The van der Waals surface area contributed by atoms with Gasteiger partial charge in [-0.1, -0.05) is 11.6 Å². The molecule has 0 amide bonds. The summed E-state index contributed by atoms with van der Waals surface area (Å²) in [6, 6.07) is 3.78. The molecule has 82 valence electrons. The zero-order valence-electron chi connectivity index (χ0n) is 8.54. The first-order valence-corrected chi connectivity index (χ1v) is 5.44. The molecule has 0 saturated heterocycles. The van der Waals surface area contributed by atoms with Gasteiger partial charge in [0.2, 0.25) is 0 Å². The van der Waals surface area contributed by atoms with Crippen LogP contribution < -0.4 is 4.90 Å². The number of aromatic nitrogens is 4. The normalized spacial score (nSPS) is 14.9. The quantitative estimate of drug-likeness (QED) is 0.749. The SMILES string of the molecule is Clc1ccc(N2CCn3cnnc3C2)nc1. The predicted octanol–water partition coefficient (Wildman–Crippen LogP) is 1.35. The molecule has 2 aromatic rings. The Morgan fingerprint density at radius 3 is 3.00 bits per heavy atom. The van der Waals surface area contributed by atoms with Crippen LogP contribution in [0.25, 0.3) is 0 Å². The summed E-state index contributed by atoms with van der Waals surface area (Å²) in [5, 5.41) is 8.61. The Morgan fingerprint density at radius 2 is 2.19 bits per heavy atom. The second-order valence-electron chi connectivity index (χ2n) is 3.70. The van der Waals surface area contributed by atoms with Crippen molar-refractivity contribution in [3.63, 3.8) is 0 Å². The summed E-state index contributed by atoms with van der Waals surface area (Å²) in [5.74, 6) is 1.90. The fraction of sp³-hybridized carbons (Fsp3) is 0.300. The van der Waals surface area contributed by atoms with Crippen molar-refractivity contribution in [3.8, 4) is 0 Å². The van der Waals surface area contributed by atoms with Gasteiger partial charge in [0, 0.05) is 19.3 Å². The summed E-state index contributed by atoms with van der Waals surface area (Å²) in [6.07, 6.45) is 3.43. The highest BCUT2D eigenvalue weighted by Gasteiger charge is 2.18. The first-order valence-electron chi connectivity index (χ1n) is 5.06. The van der Waals surface area contributed by atoms with Crippen molar-refractivity contribution in [2.45, 2.75) is 13.1 Å². The van der Waals surface area contributed by atoms with Gasteiger partial charge >= 0.3 is 0 Å². The largest absolute Gasteiger partial charge is 0.347 e. The number of rotatable bonds is 1. The third-order valence-electron chi connectivity index (χ3n) is 2.67. The summed E-state index contributed by atoms with van der Waals surface area (Å²) < 4.78 is 2.06. The maximum Gasteiger partial charge on any atom is 0.152 e. The predicted molar refractivity (Wildman–Crippen MR) is 60.3 cm³/mol. The molecule has 0 spiro atoms. The van der Waals surface area contributed by atoms with Gasteiger partial charge in [0.15, 0.2) is 5.82 Å². The molecule has 0 fully saturated rings. The standard InChI is InChI=1S/C10H10ClN5/c11-8-1-2-9(12-5-8)15-3-4-16-7-13-14-10(16)6-15/h1-2,5,7H,3-4,6H2. The first kappa shape index (κ1) is 9.59. The molecule has 16 heavy (non-hydrogen) atoms. The Morgan fingerprint density at radius 1 is 1.25 bits per heavy atom. The molecule has 0 unspecified atom stereocenters. The van der Waals surface area contributed by atoms with Gasteiger partial charge in [-0.05, 0) is 12.1 Å². The molecule has 3 rings (SSSR count). The summed E-state index contributed by atoms with van der Waals surface area (Å²) in [6.45, 7) is 2.56. The van der Waals surface area contributed by atoms with E-state index in [-0.39, 0.29) is 0 Å². The molecule has 0 bridgehead atoms. The maximum atomic E-state index is 5.81. The van der Waals surface area contributed by atoms with Crippen LogP contribution in [0.15, 0.2) is 24.7 Å². The Bertz CT molecular complexity index is 492. The van der Waals surface area contributed by atoms with Gasteiger partial charge in [0.25, 0.3) is 0 Å². The molecule has 6 heteroatoms. The van der Waals surface area contributed by atoms with Gasteiger partial charge in [-0.15, -0.1) is 10.2 Å². The molecule has 0 atom stereocenters. The summed E-state index contributed by atoms with van der Waals surface area (Å²) in [5.41, 5.74) is 0. The minimum Gasteiger partial charge on any atom is -0.347 e. The van der Waals surface area contributed by atoms with E-state index in [1.54, 1.807) is 12.5 Å². The Labute approximate surface area is 97.7 Å². The van der Waals surface area contributed by atoms with E-state index in [2.05, 4.69) is 24.6 Å². The Hall–Kier alpha value is -1.62. The molecule has 5 nitrogen and oxygen atoms in total. The topological polar surface area (TPSA) is 46.8 Å². The van der Waals surface area contributed by atoms with Crippen molar-refractivity contribution >= 4 is 17.4 Å². The van der Waals surface area contributed by atoms with E-state index in [0.29, 0.717) is 5.02 Å². The molecular weight excluding hydrogens is 226 g/mol. The Balaban J connectivity index is 1.86. The summed E-state index contributed by atoms with van der Waals surface area (Å²) in [4.78, 5) is 6.46. The fourth-order valence-electron chi connectivity index (χ4n) is 1.82. The van der Waals surface area contributed by atoms with Crippen LogP contribution >= 0.6 is 11.6 Å². The lowest BCUT2D eigenvalue weighted by Gasteiger charge is -2.27. The van der Waals surface area contributed by atoms with Crippen LogP contribution in [-0.2, 0) is 13.1 Å². The molecular formula is C10H10ClN5. The van der Waals surface area contributed by atoms with Crippen LogP contribution in [0.3, 0.4) is 0 Å². The van der Waals surface area contributed by atoms with Gasteiger partial charge in [0.1, 0.15) is 12.1 Å². The molecule has 2 aromatic heterocycles. The first-order chi connectivity index (χ1) is 7.83. The van der Waals surface area contributed by atoms with Gasteiger partial charge < -0.3 is 9.47 Å².